The third-order valence-corrected chi connectivity index (χ3v) is 23.1. The fourth-order valence-corrected chi connectivity index (χ4v) is 17.2. The van der Waals surface area contributed by atoms with Crippen molar-refractivity contribution < 1.29 is 33.0 Å². The number of aryl methyl sites for hydroxylation is 1. The molecule has 7 aromatic carbocycles. The highest BCUT2D eigenvalue weighted by Crippen LogP contribution is 2.38. The highest BCUT2D eigenvalue weighted by atomic mass is 35.5. The number of β-amino-alcohol motifs (C(OH)–C–C–N with tert-alkyl or cyclic N) is 1. The lowest BCUT2D eigenvalue weighted by Gasteiger charge is -2.29. The molecule has 15 aromatic rings. The maximum absolute atomic E-state index is 12.7. The number of nitrogens with one attached hydrogen (secondary N) is 1. The minimum atomic E-state index is -0.418. The number of aromatic nitrogens is 5. The summed E-state index contributed by atoms with van der Waals surface area (Å²) in [5, 5.41) is 38.7. The number of nitrogens with zero attached hydrogens (tertiary/aromatic N) is 9. The summed E-state index contributed by atoms with van der Waals surface area (Å²) in [4.78, 5) is 81.0. The minimum absolute atomic E-state index is 0.106. The average molecular weight is 1560 g/mol. The van der Waals surface area contributed by atoms with E-state index in [4.69, 9.17) is 57.6 Å². The summed E-state index contributed by atoms with van der Waals surface area (Å²) in [6.07, 6.45) is 3.63. The number of likely N-dealkylation sites (N-methyl/N-ethyl adjacent to an activating group) is 1. The maximum Gasteiger partial charge on any atom is 0.346 e. The normalized spacial score (nSPS) is 15.2. The van der Waals surface area contributed by atoms with Gasteiger partial charge in [0, 0.05) is 118 Å². The van der Waals surface area contributed by atoms with E-state index in [1.165, 1.54) is 34.0 Å². The number of fused-ring (bicyclic) bond motifs is 7. The summed E-state index contributed by atoms with van der Waals surface area (Å²) < 4.78 is 25.2. The van der Waals surface area contributed by atoms with E-state index in [0.717, 1.165) is 136 Å². The Hall–Kier alpha value is -9.48. The van der Waals surface area contributed by atoms with Gasteiger partial charge in [-0.2, -0.15) is 0 Å². The smallest absolute Gasteiger partial charge is 0.346 e. The lowest BCUT2D eigenvalue weighted by molar-refractivity contribution is 0.0792. The molecule has 108 heavy (non-hydrogen) atoms. The Kier molecular flexibility index (Phi) is 22.5. The quantitative estimate of drug-likeness (QED) is 0.0781. The Labute approximate surface area is 644 Å². The zero-order valence-corrected chi connectivity index (χ0v) is 63.3. The van der Waals surface area contributed by atoms with Gasteiger partial charge in [0.05, 0.1) is 75.9 Å². The van der Waals surface area contributed by atoms with Crippen LogP contribution >= 0.6 is 68.8 Å². The topological polar surface area (TPSA) is 271 Å². The highest BCUT2D eigenvalue weighted by Gasteiger charge is 2.24. The average Bonchev–Trinajstić information content (AvgIpc) is 1.70. The van der Waals surface area contributed by atoms with Gasteiger partial charge in [-0.15, -0.1) is 34.0 Å². The van der Waals surface area contributed by atoms with E-state index in [1.54, 1.807) is 37.4 Å². The van der Waals surface area contributed by atoms with Crippen LogP contribution in [-0.2, 0) is 19.6 Å². The number of piperazine rings is 1. The van der Waals surface area contributed by atoms with Crippen LogP contribution in [0.4, 0.5) is 5.69 Å². The molecule has 8 aromatic heterocycles. The van der Waals surface area contributed by atoms with E-state index >= 15 is 0 Å². The van der Waals surface area contributed by atoms with Gasteiger partial charge in [-0.05, 0) is 147 Å². The number of halogens is 3. The third-order valence-electron chi connectivity index (χ3n) is 19.0. The summed E-state index contributed by atoms with van der Waals surface area (Å²) in [6, 6.07) is 49.5. The van der Waals surface area contributed by atoms with Gasteiger partial charge in [-0.3, -0.25) is 14.7 Å². The van der Waals surface area contributed by atoms with Crippen LogP contribution in [0.1, 0.15) is 41.8 Å². The number of anilines is 1. The zero-order valence-electron chi connectivity index (χ0n) is 58.5. The number of likely N-dealkylation sites (tertiary alicyclic amines) is 2. The second-order valence-corrected chi connectivity index (χ2v) is 31.1. The number of benzene rings is 7. The van der Waals surface area contributed by atoms with Crippen LogP contribution in [0.25, 0.3) is 117 Å². The second kappa shape index (κ2) is 32.8. The Morgan fingerprint density at radius 1 is 0.500 bits per heavy atom. The van der Waals surface area contributed by atoms with Crippen molar-refractivity contribution in [2.24, 2.45) is 0 Å². The van der Waals surface area contributed by atoms with E-state index in [2.05, 4.69) is 57.1 Å². The standard InChI is InChI=1S/C22H19ClN2O3S.C21H17ClN2O3S.C20H17ClN2O3S.C18H18N4O2/c23-17-2-1-3-19-20(17)24-21(29-19)16-11-14-5-4-13(10-18(14)28-22(16)27)12-25-8-6-15(26)7-9-25;22-16-2-1-3-18-19(16)23-20(28-18)15-9-13-5-4-12(8-17(13)27-21(15)26)10-24-7-6-14(25)11-24;1-23(7-8-24)11-12-5-6-13-10-14(20(25)26-16(13)9-12)19-22-18-15(21)3-2-4-17(18)27-19;1-12-20-5-4-16(21-12)15-10-13-2-3-14(11-17(13)24-18(15)23)22-8-6-19-7-9-22/h1-5,10-11,15,26H,6-9,12H2;1-5,8-9,14,25H,6-7,10-11H2;2-6,9-10,24H,7-8,11H2,1H3;2-5,10-11,19H,6-9H2,1H3. The fraction of sp³-hybridized carbons (Fsp3) is 0.247. The minimum Gasteiger partial charge on any atom is -0.422 e. The molecule has 1 unspecified atom stereocenters. The number of thiazole rings is 3. The first-order valence-corrected chi connectivity index (χ1v) is 38.8. The van der Waals surface area contributed by atoms with Crippen molar-refractivity contribution in [3.8, 4) is 43.0 Å². The fourth-order valence-electron chi connectivity index (χ4n) is 13.4. The van der Waals surface area contributed by atoms with E-state index in [1.807, 2.05) is 133 Å². The van der Waals surface area contributed by atoms with Crippen LogP contribution in [0.15, 0.2) is 201 Å². The van der Waals surface area contributed by atoms with Crippen LogP contribution in [0.5, 0.6) is 0 Å². The molecule has 0 radical (unpaired) electrons. The van der Waals surface area contributed by atoms with Crippen molar-refractivity contribution in [3.63, 3.8) is 0 Å². The molecule has 4 N–H and O–H groups in total. The predicted octanol–water partition coefficient (Wildman–Crippen LogP) is 15.1. The molecule has 18 rings (SSSR count). The summed E-state index contributed by atoms with van der Waals surface area (Å²) in [7, 11) is 1.93. The third kappa shape index (κ3) is 16.9. The second-order valence-electron chi connectivity index (χ2n) is 26.8. The molecule has 27 heteroatoms. The van der Waals surface area contributed by atoms with E-state index in [0.29, 0.717) is 122 Å². The van der Waals surface area contributed by atoms with Gasteiger partial charge in [0.15, 0.2) is 0 Å². The van der Waals surface area contributed by atoms with E-state index in [9.17, 15) is 29.4 Å². The number of aliphatic hydroxyl groups is 3. The lowest BCUT2D eigenvalue weighted by atomic mass is 10.1. The first-order chi connectivity index (χ1) is 52.4. The summed E-state index contributed by atoms with van der Waals surface area (Å²) in [5.41, 5.74) is 9.41. The molecule has 1 atom stereocenters. The number of hydrogen-bond donors (Lipinski definition) is 4. The highest BCUT2D eigenvalue weighted by molar-refractivity contribution is 7.22. The van der Waals surface area contributed by atoms with E-state index < -0.39 is 16.9 Å². The van der Waals surface area contributed by atoms with Gasteiger partial charge in [0.25, 0.3) is 0 Å². The number of piperidine rings is 1. The molecule has 0 bridgehead atoms. The van der Waals surface area contributed by atoms with Crippen LogP contribution in [0.3, 0.4) is 0 Å². The summed E-state index contributed by atoms with van der Waals surface area (Å²) >= 11 is 22.9. The first-order valence-electron chi connectivity index (χ1n) is 35.2. The number of rotatable bonds is 13. The lowest BCUT2D eigenvalue weighted by Crippen LogP contribution is -2.43. The van der Waals surface area contributed by atoms with Gasteiger partial charge < -0.3 is 43.2 Å². The van der Waals surface area contributed by atoms with Gasteiger partial charge in [0.1, 0.15) is 59.7 Å². The Bertz CT molecular complexity index is 6110. The molecule has 0 spiro atoms. The molecule has 0 saturated carbocycles. The number of hydrogen-bond acceptors (Lipinski definition) is 24. The molecule has 3 aliphatic heterocycles. The van der Waals surface area contributed by atoms with Gasteiger partial charge in [0.2, 0.25) is 0 Å². The Morgan fingerprint density at radius 2 is 0.926 bits per heavy atom. The van der Waals surface area contributed by atoms with Crippen molar-refractivity contribution in [2.45, 2.75) is 58.0 Å². The van der Waals surface area contributed by atoms with Crippen LogP contribution < -0.4 is 32.7 Å². The zero-order chi connectivity index (χ0) is 74.7. The maximum atomic E-state index is 12.7. The molecule has 0 aliphatic carbocycles. The van der Waals surface area contributed by atoms with Crippen molar-refractivity contribution in [3.05, 3.63) is 243 Å². The molecule has 3 saturated heterocycles. The molecule has 550 valence electrons. The number of aliphatic hydroxyl groups excluding tert-OH is 3. The summed E-state index contributed by atoms with van der Waals surface area (Å²) in [6.45, 7) is 11.8. The van der Waals surface area contributed by atoms with Crippen molar-refractivity contribution in [1.82, 2.24) is 44.9 Å². The van der Waals surface area contributed by atoms with Gasteiger partial charge >= 0.3 is 22.5 Å². The SMILES string of the molecule is CN(CCO)Cc1ccc2cc(-c3nc4c(Cl)cccc4s3)c(=O)oc2c1.Cc1nccc(-c2cc3ccc(N4CCNCC4)cc3oc2=O)n1.O=c1oc2cc(CN3CCC(O)C3)ccc2cc1-c1nc2c(Cl)cccc2s1.O=c1oc2cc(CN3CCC(O)CC3)ccc2cc1-c1nc2c(Cl)cccc2s1. The van der Waals surface area contributed by atoms with Crippen LogP contribution in [-0.4, -0.2) is 140 Å². The van der Waals surface area contributed by atoms with Crippen LogP contribution in [0, 0.1) is 6.92 Å². The van der Waals surface area contributed by atoms with Crippen molar-refractivity contribution >= 4 is 149 Å². The summed E-state index contributed by atoms with van der Waals surface area (Å²) in [5.74, 6) is 0.626. The van der Waals surface area contributed by atoms with Crippen molar-refractivity contribution in [1.29, 1.82) is 0 Å². The van der Waals surface area contributed by atoms with Crippen molar-refractivity contribution in [2.75, 3.05) is 77.5 Å². The molecule has 11 heterocycles. The largest absolute Gasteiger partial charge is 0.422 e. The molecular formula is C81H71Cl3N10O11S3. The molecule has 3 fully saturated rings. The monoisotopic (exact) mass is 1560 g/mol. The Balaban J connectivity index is 0.000000115. The predicted molar refractivity (Wildman–Crippen MR) is 431 cm³/mol. The van der Waals surface area contributed by atoms with E-state index in [-0.39, 0.29) is 24.4 Å². The molecule has 21 nitrogen and oxygen atoms in total. The van der Waals surface area contributed by atoms with Gasteiger partial charge in [-0.25, -0.2) is 44.1 Å². The van der Waals surface area contributed by atoms with Crippen LogP contribution in [0.2, 0.25) is 15.1 Å². The molecular weight excluding hydrogens is 1490 g/mol. The van der Waals surface area contributed by atoms with Gasteiger partial charge in [-0.1, -0.05) is 89.4 Å². The molecule has 3 aliphatic rings. The number of para-hydroxylation sites is 3. The first kappa shape index (κ1) is 74.0. The Morgan fingerprint density at radius 3 is 1.39 bits per heavy atom. The molecule has 0 amide bonds.